The fourth-order valence-electron chi connectivity index (χ4n) is 2.57. The Morgan fingerprint density at radius 2 is 1.88 bits per heavy atom. The third-order valence-corrected chi connectivity index (χ3v) is 4.29. The monoisotopic (exact) mass is 354 g/mol. The maximum atomic E-state index is 12.4. The van der Waals surface area contributed by atoms with Crippen molar-refractivity contribution in [3.8, 4) is 5.75 Å². The molecule has 0 aliphatic heterocycles. The zero-order valence-electron chi connectivity index (χ0n) is 15.8. The van der Waals surface area contributed by atoms with Gasteiger partial charge in [-0.2, -0.15) is 0 Å². The molecule has 2 aromatic rings. The van der Waals surface area contributed by atoms with E-state index in [9.17, 15) is 9.59 Å². The van der Waals surface area contributed by atoms with E-state index in [-0.39, 0.29) is 12.5 Å². The highest BCUT2D eigenvalue weighted by Crippen LogP contribution is 2.24. The van der Waals surface area contributed by atoms with Crippen molar-refractivity contribution in [2.45, 2.75) is 33.2 Å². The van der Waals surface area contributed by atoms with Gasteiger partial charge in [0.25, 0.3) is 5.91 Å². The molecule has 0 saturated carbocycles. The highest BCUT2D eigenvalue weighted by atomic mass is 16.5. The third-order valence-electron chi connectivity index (χ3n) is 4.29. The van der Waals surface area contributed by atoms with Gasteiger partial charge in [-0.3, -0.25) is 9.59 Å². The lowest BCUT2D eigenvalue weighted by Crippen LogP contribution is -2.31. The Kier molecular flexibility index (Phi) is 6.39. The molecule has 0 aromatic heterocycles. The van der Waals surface area contributed by atoms with Crippen molar-refractivity contribution >= 4 is 11.8 Å². The number of likely N-dealkylation sites (N-methyl/N-ethyl adjacent to an activating group) is 1. The lowest BCUT2D eigenvalue weighted by Gasteiger charge is -2.19. The molecule has 26 heavy (non-hydrogen) atoms. The highest BCUT2D eigenvalue weighted by Gasteiger charge is 2.13. The molecule has 0 bridgehead atoms. The van der Waals surface area contributed by atoms with Crippen LogP contribution in [0.3, 0.4) is 0 Å². The van der Waals surface area contributed by atoms with Gasteiger partial charge in [0, 0.05) is 19.2 Å². The fourth-order valence-corrected chi connectivity index (χ4v) is 2.57. The average Bonchev–Trinajstić information content (AvgIpc) is 2.60. The van der Waals surface area contributed by atoms with Gasteiger partial charge in [-0.05, 0) is 47.7 Å². The maximum Gasteiger partial charge on any atom is 0.260 e. The Balaban J connectivity index is 1.98. The number of hydrogen-bond acceptors (Lipinski definition) is 3. The zero-order chi connectivity index (χ0) is 19.3. The molecule has 0 aliphatic carbocycles. The van der Waals surface area contributed by atoms with Crippen molar-refractivity contribution in [1.29, 1.82) is 0 Å². The first kappa shape index (κ1) is 19.5. The van der Waals surface area contributed by atoms with Gasteiger partial charge in [0.05, 0.1) is 0 Å². The van der Waals surface area contributed by atoms with Crippen LogP contribution in [0.15, 0.2) is 42.5 Å². The van der Waals surface area contributed by atoms with Gasteiger partial charge in [-0.25, -0.2) is 0 Å². The molecule has 0 spiro atoms. The first-order valence-corrected chi connectivity index (χ1v) is 8.64. The second kappa shape index (κ2) is 8.52. The molecule has 2 aromatic carbocycles. The number of benzene rings is 2. The zero-order valence-corrected chi connectivity index (χ0v) is 15.8. The molecular formula is C21H26N2O3. The molecule has 5 heteroatoms. The quantitative estimate of drug-likeness (QED) is 0.829. The largest absolute Gasteiger partial charge is 0.483 e. The summed E-state index contributed by atoms with van der Waals surface area (Å²) >= 11 is 0. The van der Waals surface area contributed by atoms with Crippen LogP contribution in [0.2, 0.25) is 0 Å². The Morgan fingerprint density at radius 3 is 2.54 bits per heavy atom. The van der Waals surface area contributed by atoms with E-state index in [0.29, 0.717) is 18.0 Å². The Bertz CT molecular complexity index is 800. The van der Waals surface area contributed by atoms with Crippen LogP contribution in [-0.4, -0.2) is 30.4 Å². The molecule has 2 rings (SSSR count). The van der Waals surface area contributed by atoms with Crippen LogP contribution in [0, 0.1) is 6.92 Å². The summed E-state index contributed by atoms with van der Waals surface area (Å²) in [5.41, 5.74) is 8.74. The van der Waals surface area contributed by atoms with Gasteiger partial charge in [0.15, 0.2) is 6.61 Å². The van der Waals surface area contributed by atoms with E-state index in [1.807, 2.05) is 25.1 Å². The van der Waals surface area contributed by atoms with Gasteiger partial charge < -0.3 is 15.4 Å². The van der Waals surface area contributed by atoms with Crippen molar-refractivity contribution in [2.24, 2.45) is 5.73 Å². The predicted molar refractivity (Wildman–Crippen MR) is 102 cm³/mol. The lowest BCUT2D eigenvalue weighted by atomic mass is 10.0. The Labute approximate surface area is 154 Å². The van der Waals surface area contributed by atoms with E-state index in [0.717, 1.165) is 16.9 Å². The molecule has 0 aliphatic rings. The number of carbonyl (C=O) groups is 2. The summed E-state index contributed by atoms with van der Waals surface area (Å²) in [7, 11) is 1.71. The summed E-state index contributed by atoms with van der Waals surface area (Å²) in [6, 6.07) is 13.0. The standard InChI is InChI=1S/C21H26N2O3/c1-14(2)17-9-8-15(3)19(11-17)26-13-20(24)23(4)12-16-6-5-7-18(10-16)21(22)25/h5-11,14H,12-13H2,1-4H3,(H2,22,25). The molecule has 0 atom stereocenters. The van der Waals surface area contributed by atoms with E-state index < -0.39 is 5.91 Å². The number of primary amides is 1. The van der Waals surface area contributed by atoms with Crippen LogP contribution < -0.4 is 10.5 Å². The van der Waals surface area contributed by atoms with E-state index >= 15 is 0 Å². The third kappa shape index (κ3) is 5.09. The van der Waals surface area contributed by atoms with E-state index in [2.05, 4.69) is 19.9 Å². The summed E-state index contributed by atoms with van der Waals surface area (Å²) in [5, 5.41) is 0. The first-order chi connectivity index (χ1) is 12.3. The smallest absolute Gasteiger partial charge is 0.260 e. The number of carbonyl (C=O) groups excluding carboxylic acids is 2. The normalized spacial score (nSPS) is 10.7. The van der Waals surface area contributed by atoms with Crippen molar-refractivity contribution < 1.29 is 14.3 Å². The highest BCUT2D eigenvalue weighted by molar-refractivity contribution is 5.92. The van der Waals surface area contributed by atoms with Gasteiger partial charge >= 0.3 is 0 Å². The first-order valence-electron chi connectivity index (χ1n) is 8.64. The number of hydrogen-bond donors (Lipinski definition) is 1. The molecule has 5 nitrogen and oxygen atoms in total. The van der Waals surface area contributed by atoms with Crippen LogP contribution in [-0.2, 0) is 11.3 Å². The maximum absolute atomic E-state index is 12.4. The van der Waals surface area contributed by atoms with Crippen molar-refractivity contribution in [3.05, 3.63) is 64.7 Å². The molecule has 0 unspecified atom stereocenters. The summed E-state index contributed by atoms with van der Waals surface area (Å²) in [6.07, 6.45) is 0. The number of amides is 2. The summed E-state index contributed by atoms with van der Waals surface area (Å²) in [6.45, 7) is 6.55. The van der Waals surface area contributed by atoms with Crippen LogP contribution in [0.1, 0.15) is 46.8 Å². The second-order valence-electron chi connectivity index (χ2n) is 6.78. The SMILES string of the molecule is Cc1ccc(C(C)C)cc1OCC(=O)N(C)Cc1cccc(C(N)=O)c1. The number of ether oxygens (including phenoxy) is 1. The van der Waals surface area contributed by atoms with Gasteiger partial charge in [0.2, 0.25) is 5.91 Å². The molecular weight excluding hydrogens is 328 g/mol. The summed E-state index contributed by atoms with van der Waals surface area (Å²) < 4.78 is 5.74. The average molecular weight is 354 g/mol. The molecule has 138 valence electrons. The second-order valence-corrected chi connectivity index (χ2v) is 6.78. The molecule has 0 fully saturated rings. The Morgan fingerprint density at radius 1 is 1.15 bits per heavy atom. The van der Waals surface area contributed by atoms with Gasteiger partial charge in [0.1, 0.15) is 5.75 Å². The van der Waals surface area contributed by atoms with E-state index in [1.54, 1.807) is 30.1 Å². The molecule has 2 amide bonds. The minimum Gasteiger partial charge on any atom is -0.483 e. The van der Waals surface area contributed by atoms with Gasteiger partial charge in [-0.1, -0.05) is 38.1 Å². The minimum atomic E-state index is -0.482. The topological polar surface area (TPSA) is 72.6 Å². The van der Waals surface area contributed by atoms with E-state index in [1.165, 1.54) is 5.56 Å². The fraction of sp³-hybridized carbons (Fsp3) is 0.333. The van der Waals surface area contributed by atoms with Crippen molar-refractivity contribution in [1.82, 2.24) is 4.90 Å². The van der Waals surface area contributed by atoms with Crippen LogP contribution >= 0.6 is 0 Å². The molecule has 0 radical (unpaired) electrons. The molecule has 2 N–H and O–H groups in total. The molecule has 0 heterocycles. The van der Waals surface area contributed by atoms with Crippen LogP contribution in [0.25, 0.3) is 0 Å². The number of nitrogens with zero attached hydrogens (tertiary/aromatic N) is 1. The van der Waals surface area contributed by atoms with Crippen molar-refractivity contribution in [2.75, 3.05) is 13.7 Å². The van der Waals surface area contributed by atoms with Crippen LogP contribution in [0.5, 0.6) is 5.75 Å². The number of rotatable bonds is 7. The number of aryl methyl sites for hydroxylation is 1. The van der Waals surface area contributed by atoms with Crippen LogP contribution in [0.4, 0.5) is 0 Å². The van der Waals surface area contributed by atoms with Crippen molar-refractivity contribution in [3.63, 3.8) is 0 Å². The molecule has 0 saturated heterocycles. The summed E-state index contributed by atoms with van der Waals surface area (Å²) in [4.78, 5) is 25.2. The Hall–Kier alpha value is -2.82. The predicted octanol–water partition coefficient (Wildman–Crippen LogP) is 3.25. The lowest BCUT2D eigenvalue weighted by molar-refractivity contribution is -0.132. The van der Waals surface area contributed by atoms with E-state index in [4.69, 9.17) is 10.5 Å². The number of nitrogens with two attached hydrogens (primary N) is 1. The minimum absolute atomic E-state index is 0.0333. The summed E-state index contributed by atoms with van der Waals surface area (Å²) in [5.74, 6) is 0.510. The van der Waals surface area contributed by atoms with Gasteiger partial charge in [-0.15, -0.1) is 0 Å².